The highest BCUT2D eigenvalue weighted by atomic mass is 79.9. The predicted octanol–water partition coefficient (Wildman–Crippen LogP) is 3.37. The van der Waals surface area contributed by atoms with Gasteiger partial charge in [0.15, 0.2) is 0 Å². The van der Waals surface area contributed by atoms with Crippen LogP contribution in [0.15, 0.2) is 34.8 Å². The van der Waals surface area contributed by atoms with Gasteiger partial charge in [-0.15, -0.1) is 11.3 Å². The van der Waals surface area contributed by atoms with E-state index < -0.39 is 16.8 Å². The van der Waals surface area contributed by atoms with Crippen molar-refractivity contribution in [3.8, 4) is 0 Å². The lowest BCUT2D eigenvalue weighted by molar-refractivity contribution is -0.384. The summed E-state index contributed by atoms with van der Waals surface area (Å²) in [6.45, 7) is 0. The molecule has 0 saturated carbocycles. The number of carboxylic acids is 1. The highest BCUT2D eigenvalue weighted by molar-refractivity contribution is 9.10. The molecule has 1 aromatic heterocycles. The van der Waals surface area contributed by atoms with E-state index in [4.69, 9.17) is 5.11 Å². The van der Waals surface area contributed by atoms with Crippen LogP contribution < -0.4 is 5.32 Å². The van der Waals surface area contributed by atoms with Crippen LogP contribution in [0.4, 0.5) is 10.7 Å². The summed E-state index contributed by atoms with van der Waals surface area (Å²) in [6.07, 6.45) is 0. The van der Waals surface area contributed by atoms with Crippen molar-refractivity contribution in [2.45, 2.75) is 0 Å². The number of carboxylic acid groups (broad SMARTS) is 1. The van der Waals surface area contributed by atoms with Crippen molar-refractivity contribution in [1.29, 1.82) is 0 Å². The van der Waals surface area contributed by atoms with Crippen molar-refractivity contribution in [3.05, 3.63) is 55.4 Å². The van der Waals surface area contributed by atoms with Crippen molar-refractivity contribution in [1.82, 2.24) is 0 Å². The number of carbonyl (C=O) groups excluding carboxylic acids is 1. The molecule has 0 unspecified atom stereocenters. The molecule has 0 fully saturated rings. The zero-order chi connectivity index (χ0) is 15.6. The van der Waals surface area contributed by atoms with E-state index in [-0.39, 0.29) is 16.1 Å². The summed E-state index contributed by atoms with van der Waals surface area (Å²) in [5.74, 6) is -1.65. The van der Waals surface area contributed by atoms with Crippen molar-refractivity contribution in [2.75, 3.05) is 5.32 Å². The molecule has 2 rings (SSSR count). The van der Waals surface area contributed by atoms with E-state index in [0.29, 0.717) is 9.47 Å². The van der Waals surface area contributed by atoms with Crippen LogP contribution in [0.5, 0.6) is 0 Å². The maximum atomic E-state index is 12.1. The standard InChI is InChI=1S/C12H7BrN2O5S/c13-8-2-1-6(15(19)20)5-7(8)11(16)14-10-4-3-9(21-10)12(17)18/h1-5H,(H,14,16)(H,17,18). The Balaban J connectivity index is 2.25. The first-order valence-corrected chi connectivity index (χ1v) is 7.08. The fourth-order valence-corrected chi connectivity index (χ4v) is 2.67. The molecule has 0 aliphatic carbocycles. The van der Waals surface area contributed by atoms with Crippen molar-refractivity contribution in [3.63, 3.8) is 0 Å². The van der Waals surface area contributed by atoms with Crippen LogP contribution >= 0.6 is 27.3 Å². The van der Waals surface area contributed by atoms with E-state index in [1.807, 2.05) is 0 Å². The maximum Gasteiger partial charge on any atom is 0.345 e. The van der Waals surface area contributed by atoms with Crippen LogP contribution in [-0.2, 0) is 0 Å². The summed E-state index contributed by atoms with van der Waals surface area (Å²) in [4.78, 5) is 33.0. The van der Waals surface area contributed by atoms with Gasteiger partial charge in [-0.05, 0) is 34.1 Å². The Morgan fingerprint density at radius 2 is 2.00 bits per heavy atom. The number of nitrogens with one attached hydrogen (secondary N) is 1. The van der Waals surface area contributed by atoms with Gasteiger partial charge < -0.3 is 10.4 Å². The third kappa shape index (κ3) is 3.44. The van der Waals surface area contributed by atoms with Crippen LogP contribution in [0.25, 0.3) is 0 Å². The second-order valence-corrected chi connectivity index (χ2v) is 5.78. The van der Waals surface area contributed by atoms with Gasteiger partial charge in [0.25, 0.3) is 11.6 Å². The molecule has 7 nitrogen and oxygen atoms in total. The van der Waals surface area contributed by atoms with Crippen LogP contribution in [0.1, 0.15) is 20.0 Å². The van der Waals surface area contributed by atoms with Gasteiger partial charge in [0.1, 0.15) is 4.88 Å². The lowest BCUT2D eigenvalue weighted by Gasteiger charge is -2.04. The molecule has 0 radical (unpaired) electrons. The molecule has 108 valence electrons. The zero-order valence-electron chi connectivity index (χ0n) is 10.2. The smallest absolute Gasteiger partial charge is 0.345 e. The Morgan fingerprint density at radius 1 is 1.29 bits per heavy atom. The lowest BCUT2D eigenvalue weighted by atomic mass is 10.2. The number of benzene rings is 1. The predicted molar refractivity (Wildman–Crippen MR) is 80.0 cm³/mol. The number of aromatic carboxylic acids is 1. The normalized spacial score (nSPS) is 10.1. The van der Waals surface area contributed by atoms with E-state index in [0.717, 1.165) is 17.4 Å². The summed E-state index contributed by atoms with van der Waals surface area (Å²) in [6, 6.07) is 6.65. The van der Waals surface area contributed by atoms with Crippen LogP contribution in [0, 0.1) is 10.1 Å². The number of hydrogen-bond acceptors (Lipinski definition) is 5. The number of anilines is 1. The van der Waals surface area contributed by atoms with Gasteiger partial charge in [-0.3, -0.25) is 14.9 Å². The number of carbonyl (C=O) groups is 2. The number of halogens is 1. The quantitative estimate of drug-likeness (QED) is 0.633. The number of nitrogens with zero attached hydrogens (tertiary/aromatic N) is 1. The average Bonchev–Trinajstić information content (AvgIpc) is 2.87. The first kappa shape index (κ1) is 15.1. The van der Waals surface area contributed by atoms with Crippen molar-refractivity contribution in [2.24, 2.45) is 0 Å². The monoisotopic (exact) mass is 370 g/mol. The van der Waals surface area contributed by atoms with Crippen molar-refractivity contribution < 1.29 is 19.6 Å². The van der Waals surface area contributed by atoms with E-state index in [1.54, 1.807) is 0 Å². The number of amides is 1. The first-order chi connectivity index (χ1) is 9.88. The summed E-state index contributed by atoms with van der Waals surface area (Å²) >= 11 is 4.05. The Hall–Kier alpha value is -2.26. The molecule has 1 aromatic carbocycles. The third-order valence-corrected chi connectivity index (χ3v) is 4.14. The zero-order valence-corrected chi connectivity index (χ0v) is 12.6. The fourth-order valence-electron chi connectivity index (χ4n) is 1.50. The van der Waals surface area contributed by atoms with Gasteiger partial charge in [0.2, 0.25) is 0 Å². The van der Waals surface area contributed by atoms with Gasteiger partial charge in [-0.1, -0.05) is 0 Å². The minimum Gasteiger partial charge on any atom is -0.477 e. The molecule has 0 aliphatic heterocycles. The molecule has 21 heavy (non-hydrogen) atoms. The molecule has 0 atom stereocenters. The number of non-ortho nitro benzene ring substituents is 1. The fraction of sp³-hybridized carbons (Fsp3) is 0. The highest BCUT2D eigenvalue weighted by Gasteiger charge is 2.17. The molecular formula is C12H7BrN2O5S. The minimum atomic E-state index is -1.09. The third-order valence-electron chi connectivity index (χ3n) is 2.46. The average molecular weight is 371 g/mol. The van der Waals surface area contributed by atoms with E-state index in [9.17, 15) is 19.7 Å². The van der Waals surface area contributed by atoms with E-state index in [1.165, 1.54) is 24.3 Å². The number of hydrogen-bond donors (Lipinski definition) is 2. The number of nitro groups is 1. The lowest BCUT2D eigenvalue weighted by Crippen LogP contribution is -2.12. The molecule has 0 spiro atoms. The van der Waals surface area contributed by atoms with Crippen LogP contribution in [0.2, 0.25) is 0 Å². The molecule has 0 saturated heterocycles. The Labute approximate surface area is 130 Å². The number of rotatable bonds is 4. The van der Waals surface area contributed by atoms with E-state index >= 15 is 0 Å². The summed E-state index contributed by atoms with van der Waals surface area (Å²) in [5, 5.41) is 22.4. The van der Waals surface area contributed by atoms with Gasteiger partial charge in [-0.25, -0.2) is 4.79 Å². The number of nitro benzene ring substituents is 1. The highest BCUT2D eigenvalue weighted by Crippen LogP contribution is 2.26. The molecule has 1 amide bonds. The summed E-state index contributed by atoms with van der Waals surface area (Å²) < 4.78 is 0.403. The van der Waals surface area contributed by atoms with Gasteiger partial charge >= 0.3 is 5.97 Å². The first-order valence-electron chi connectivity index (χ1n) is 5.47. The molecule has 2 aromatic rings. The van der Waals surface area contributed by atoms with Gasteiger partial charge in [0, 0.05) is 16.6 Å². The second-order valence-electron chi connectivity index (χ2n) is 3.84. The summed E-state index contributed by atoms with van der Waals surface area (Å²) in [5.41, 5.74) is -0.116. The van der Waals surface area contributed by atoms with Gasteiger partial charge in [0.05, 0.1) is 15.5 Å². The molecule has 0 aliphatic rings. The molecular weight excluding hydrogens is 364 g/mol. The van der Waals surface area contributed by atoms with Crippen LogP contribution in [-0.4, -0.2) is 21.9 Å². The van der Waals surface area contributed by atoms with Gasteiger partial charge in [-0.2, -0.15) is 0 Å². The Kier molecular flexibility index (Phi) is 4.34. The maximum absolute atomic E-state index is 12.1. The van der Waals surface area contributed by atoms with E-state index in [2.05, 4.69) is 21.2 Å². The molecule has 1 heterocycles. The second kappa shape index (κ2) is 6.02. The Bertz CT molecular complexity index is 743. The SMILES string of the molecule is O=C(O)c1ccc(NC(=O)c2cc([N+](=O)[O-])ccc2Br)s1. The number of thiophene rings is 1. The largest absolute Gasteiger partial charge is 0.477 e. The van der Waals surface area contributed by atoms with Crippen LogP contribution in [0.3, 0.4) is 0 Å². The summed E-state index contributed by atoms with van der Waals surface area (Å²) in [7, 11) is 0. The molecule has 0 bridgehead atoms. The molecule has 2 N–H and O–H groups in total. The molecule has 9 heteroatoms. The topological polar surface area (TPSA) is 110 Å². The Morgan fingerprint density at radius 3 is 2.57 bits per heavy atom. The van der Waals surface area contributed by atoms with Crippen molar-refractivity contribution >= 4 is 49.8 Å². The minimum absolute atomic E-state index is 0.0865.